The molecule has 1 aliphatic heterocycles. The maximum absolute atomic E-state index is 13.2. The molecular weight excluding hydrogens is 473 g/mol. The Kier molecular flexibility index (Phi) is 5.82. The molecule has 4 aromatic rings. The standard InChI is InChI=1S/C22H18FN9O4/c1-24-21(33)18-13(8-16(29-30-18)27-15-7-6-11(23)9-25-15)26-12-4-3-5-14-19(12)36-10-17-28-20(22(34)35-2)31-32(14)17/h3-9H,10H2,1-2H3,(H,24,33)(H2,25,26,27,29). The third-order valence-corrected chi connectivity index (χ3v) is 5.10. The number of benzene rings is 1. The Morgan fingerprint density at radius 3 is 2.72 bits per heavy atom. The van der Waals surface area contributed by atoms with Gasteiger partial charge >= 0.3 is 5.97 Å². The van der Waals surface area contributed by atoms with Crippen molar-refractivity contribution in [3.63, 3.8) is 0 Å². The maximum Gasteiger partial charge on any atom is 0.377 e. The summed E-state index contributed by atoms with van der Waals surface area (Å²) in [6, 6.07) is 9.48. The maximum atomic E-state index is 13.2. The van der Waals surface area contributed by atoms with Gasteiger partial charge in [-0.3, -0.25) is 4.79 Å². The first-order chi connectivity index (χ1) is 17.5. The van der Waals surface area contributed by atoms with Crippen LogP contribution < -0.4 is 20.7 Å². The molecule has 0 atom stereocenters. The zero-order valence-electron chi connectivity index (χ0n) is 18.9. The Labute approximate surface area is 202 Å². The molecule has 0 spiro atoms. The first-order valence-corrected chi connectivity index (χ1v) is 10.5. The van der Waals surface area contributed by atoms with Gasteiger partial charge in [0.25, 0.3) is 11.7 Å². The number of methoxy groups -OCH3 is 1. The van der Waals surface area contributed by atoms with E-state index in [1.54, 1.807) is 24.3 Å². The van der Waals surface area contributed by atoms with Gasteiger partial charge in [0.1, 0.15) is 23.9 Å². The van der Waals surface area contributed by atoms with Crippen molar-refractivity contribution in [2.45, 2.75) is 6.61 Å². The van der Waals surface area contributed by atoms with Crippen LogP contribution in [0.15, 0.2) is 42.6 Å². The van der Waals surface area contributed by atoms with E-state index in [1.165, 1.54) is 31.0 Å². The molecule has 0 fully saturated rings. The number of nitrogens with zero attached hydrogens (tertiary/aromatic N) is 6. The van der Waals surface area contributed by atoms with Crippen molar-refractivity contribution >= 4 is 34.9 Å². The number of para-hydroxylation sites is 1. The third-order valence-electron chi connectivity index (χ3n) is 5.10. The van der Waals surface area contributed by atoms with Crippen LogP contribution in [0.1, 0.15) is 26.9 Å². The number of carbonyl (C=O) groups is 2. The molecule has 0 saturated heterocycles. The Balaban J connectivity index is 1.51. The second-order valence-electron chi connectivity index (χ2n) is 7.38. The molecule has 0 bridgehead atoms. The van der Waals surface area contributed by atoms with Crippen molar-refractivity contribution < 1.29 is 23.5 Å². The highest BCUT2D eigenvalue weighted by Crippen LogP contribution is 2.38. The first kappa shape index (κ1) is 22.6. The molecule has 5 rings (SSSR count). The van der Waals surface area contributed by atoms with Crippen molar-refractivity contribution in [2.75, 3.05) is 24.8 Å². The van der Waals surface area contributed by atoms with Crippen molar-refractivity contribution in [3.05, 3.63) is 65.8 Å². The summed E-state index contributed by atoms with van der Waals surface area (Å²) < 4.78 is 25.3. The number of amides is 1. The zero-order valence-corrected chi connectivity index (χ0v) is 18.9. The SMILES string of the molecule is CNC(=O)c1nnc(Nc2ccc(F)cn2)cc1Nc1cccc2c1OCc1nc(C(=O)OC)nn1-2. The summed E-state index contributed by atoms with van der Waals surface area (Å²) in [4.78, 5) is 32.4. The van der Waals surface area contributed by atoms with Gasteiger partial charge in [-0.1, -0.05) is 6.07 Å². The van der Waals surface area contributed by atoms with E-state index in [0.29, 0.717) is 34.5 Å². The van der Waals surface area contributed by atoms with E-state index in [1.807, 2.05) is 0 Å². The fraction of sp³-hybridized carbons (Fsp3) is 0.136. The molecule has 13 nitrogen and oxygen atoms in total. The summed E-state index contributed by atoms with van der Waals surface area (Å²) in [6.45, 7) is 0.0512. The van der Waals surface area contributed by atoms with Crippen LogP contribution in [0, 0.1) is 5.82 Å². The van der Waals surface area contributed by atoms with Gasteiger partial charge in [-0.15, -0.1) is 15.3 Å². The van der Waals surface area contributed by atoms with E-state index >= 15 is 0 Å². The number of halogens is 1. The Hall–Kier alpha value is -5.14. The summed E-state index contributed by atoms with van der Waals surface area (Å²) in [7, 11) is 2.72. The fourth-order valence-corrected chi connectivity index (χ4v) is 3.45. The molecule has 0 radical (unpaired) electrons. The monoisotopic (exact) mass is 491 g/mol. The minimum atomic E-state index is -0.665. The lowest BCUT2D eigenvalue weighted by Gasteiger charge is -2.21. The number of nitrogens with one attached hydrogen (secondary N) is 3. The summed E-state index contributed by atoms with van der Waals surface area (Å²) in [5, 5.41) is 20.9. The van der Waals surface area contributed by atoms with Gasteiger partial charge in [-0.2, -0.15) is 0 Å². The molecule has 0 aliphatic carbocycles. The van der Waals surface area contributed by atoms with Crippen molar-refractivity contribution in [3.8, 4) is 11.4 Å². The second-order valence-corrected chi connectivity index (χ2v) is 7.38. The van der Waals surface area contributed by atoms with Gasteiger partial charge in [0.2, 0.25) is 0 Å². The zero-order chi connectivity index (χ0) is 25.2. The van der Waals surface area contributed by atoms with E-state index in [9.17, 15) is 14.0 Å². The quantitative estimate of drug-likeness (QED) is 0.339. The number of aromatic nitrogens is 6. The summed E-state index contributed by atoms with van der Waals surface area (Å²) in [6.07, 6.45) is 1.06. The van der Waals surface area contributed by atoms with Crippen LogP contribution in [0.4, 0.5) is 27.4 Å². The van der Waals surface area contributed by atoms with Crippen LogP contribution in [0.25, 0.3) is 5.69 Å². The fourth-order valence-electron chi connectivity index (χ4n) is 3.45. The van der Waals surface area contributed by atoms with Crippen molar-refractivity contribution in [2.24, 2.45) is 0 Å². The molecule has 1 aromatic carbocycles. The van der Waals surface area contributed by atoms with Gasteiger partial charge < -0.3 is 25.4 Å². The van der Waals surface area contributed by atoms with Gasteiger partial charge in [-0.05, 0) is 24.3 Å². The molecule has 182 valence electrons. The summed E-state index contributed by atoms with van der Waals surface area (Å²) in [5.74, 6) is -0.263. The molecule has 14 heteroatoms. The van der Waals surface area contributed by atoms with Crippen LogP contribution in [0.2, 0.25) is 0 Å². The molecule has 1 aliphatic rings. The average molecular weight is 491 g/mol. The minimum Gasteiger partial charge on any atom is -0.481 e. The molecule has 3 N–H and O–H groups in total. The lowest BCUT2D eigenvalue weighted by molar-refractivity contribution is 0.0586. The molecular formula is C22H18FN9O4. The van der Waals surface area contributed by atoms with Crippen LogP contribution in [0.3, 0.4) is 0 Å². The number of pyridine rings is 1. The van der Waals surface area contributed by atoms with Crippen LogP contribution in [-0.4, -0.2) is 56.0 Å². The topological polar surface area (TPSA) is 158 Å². The van der Waals surface area contributed by atoms with E-state index < -0.39 is 17.7 Å². The van der Waals surface area contributed by atoms with Crippen LogP contribution >= 0.6 is 0 Å². The normalized spacial score (nSPS) is 11.5. The summed E-state index contributed by atoms with van der Waals surface area (Å²) >= 11 is 0. The number of carbonyl (C=O) groups excluding carboxylic acids is 2. The smallest absolute Gasteiger partial charge is 0.377 e. The number of rotatable bonds is 6. The molecule has 0 unspecified atom stereocenters. The molecule has 36 heavy (non-hydrogen) atoms. The number of hydrogen-bond donors (Lipinski definition) is 3. The molecule has 0 saturated carbocycles. The highest BCUT2D eigenvalue weighted by atomic mass is 19.1. The van der Waals surface area contributed by atoms with Crippen LogP contribution in [0.5, 0.6) is 5.75 Å². The molecule has 1 amide bonds. The third kappa shape index (κ3) is 4.22. The average Bonchev–Trinajstić information content (AvgIpc) is 3.34. The van der Waals surface area contributed by atoms with E-state index in [-0.39, 0.29) is 23.9 Å². The highest BCUT2D eigenvalue weighted by Gasteiger charge is 2.26. The Morgan fingerprint density at radius 1 is 1.11 bits per heavy atom. The number of ether oxygens (including phenoxy) is 2. The number of esters is 1. The highest BCUT2D eigenvalue weighted by molar-refractivity contribution is 5.98. The predicted octanol–water partition coefficient (Wildman–Crippen LogP) is 2.12. The number of hydrogen-bond acceptors (Lipinski definition) is 11. The minimum absolute atomic E-state index is 0.0259. The van der Waals surface area contributed by atoms with Crippen molar-refractivity contribution in [1.29, 1.82) is 0 Å². The van der Waals surface area contributed by atoms with E-state index in [4.69, 9.17) is 9.47 Å². The molecule has 3 aromatic heterocycles. The van der Waals surface area contributed by atoms with Crippen molar-refractivity contribution in [1.82, 2.24) is 35.3 Å². The van der Waals surface area contributed by atoms with Gasteiger partial charge in [0.15, 0.2) is 23.1 Å². The second kappa shape index (κ2) is 9.25. The van der Waals surface area contributed by atoms with Gasteiger partial charge in [0, 0.05) is 13.1 Å². The van der Waals surface area contributed by atoms with Gasteiger partial charge in [-0.25, -0.2) is 23.8 Å². The largest absolute Gasteiger partial charge is 0.481 e. The number of anilines is 4. The molecule has 4 heterocycles. The Morgan fingerprint density at radius 2 is 1.97 bits per heavy atom. The first-order valence-electron chi connectivity index (χ1n) is 10.5. The van der Waals surface area contributed by atoms with E-state index in [2.05, 4.69) is 41.2 Å². The lowest BCUT2D eigenvalue weighted by Crippen LogP contribution is -2.22. The Bertz CT molecular complexity index is 1470. The predicted molar refractivity (Wildman–Crippen MR) is 123 cm³/mol. The van der Waals surface area contributed by atoms with Crippen LogP contribution in [-0.2, 0) is 11.3 Å². The number of fused-ring (bicyclic) bond motifs is 3. The van der Waals surface area contributed by atoms with Gasteiger partial charge in [0.05, 0.1) is 24.7 Å². The summed E-state index contributed by atoms with van der Waals surface area (Å²) in [5.41, 5.74) is 1.36. The lowest BCUT2D eigenvalue weighted by atomic mass is 10.2. The van der Waals surface area contributed by atoms with E-state index in [0.717, 1.165) is 6.20 Å².